The summed E-state index contributed by atoms with van der Waals surface area (Å²) in [5, 5.41) is 4.02. The van der Waals surface area contributed by atoms with E-state index < -0.39 is 5.67 Å². The van der Waals surface area contributed by atoms with Gasteiger partial charge in [-0.05, 0) is 59.9 Å². The molecule has 3 nitrogen and oxygen atoms in total. The molecule has 0 aromatic heterocycles. The van der Waals surface area contributed by atoms with Crippen molar-refractivity contribution >= 4 is 40.3 Å². The molecule has 0 aliphatic heterocycles. The molecule has 0 aliphatic rings. The zero-order chi connectivity index (χ0) is 29.4. The molecule has 0 spiro atoms. The Labute approximate surface area is 247 Å². The van der Waals surface area contributed by atoms with E-state index in [9.17, 15) is 9.18 Å². The summed E-state index contributed by atoms with van der Waals surface area (Å²) in [6.07, 6.45) is 1.18. The fourth-order valence-corrected chi connectivity index (χ4v) is 4.71. The normalized spacial score (nSPS) is 11.9. The summed E-state index contributed by atoms with van der Waals surface area (Å²) in [4.78, 5) is 13.4. The zero-order valence-corrected chi connectivity index (χ0v) is 24.8. The molecule has 0 bridgehead atoms. The average Bonchev–Trinajstić information content (AvgIpc) is 2.92. The summed E-state index contributed by atoms with van der Waals surface area (Å²) in [6, 6.07) is 20.6. The number of rotatable bonds is 14. The Morgan fingerprint density at radius 3 is 2.10 bits per heavy atom. The van der Waals surface area contributed by atoms with Crippen LogP contribution in [0.5, 0.6) is 0 Å². The van der Waals surface area contributed by atoms with E-state index in [4.69, 9.17) is 27.9 Å². The third kappa shape index (κ3) is 8.84. The number of ketones is 1. The van der Waals surface area contributed by atoms with Gasteiger partial charge >= 0.3 is 0 Å². The van der Waals surface area contributed by atoms with E-state index in [0.717, 1.165) is 33.5 Å². The molecule has 3 aromatic rings. The maximum atomic E-state index is 14.2. The summed E-state index contributed by atoms with van der Waals surface area (Å²) in [5.41, 5.74) is 4.43. The number of carbonyl (C=O) groups is 1. The van der Waals surface area contributed by atoms with Gasteiger partial charge in [0, 0.05) is 43.0 Å². The number of Topliss-reactive ketones (excluding diaryl/α,β-unsaturated/α-hetero) is 1. The van der Waals surface area contributed by atoms with Gasteiger partial charge in [0.25, 0.3) is 0 Å². The largest absolute Gasteiger partial charge is 0.502 e. The van der Waals surface area contributed by atoms with Gasteiger partial charge in [-0.25, -0.2) is 4.39 Å². The standard InChI is InChI=1S/C34H36Cl2FNO2/c1-22(40-6)17-18-38-24(3)27-11-13-28(14-12-27)30(20-33(39)29-15-16-31(35)32(36)19-29)23(2)26-9-7-25(8-10-26)21-34(4,5)37/h7-16,19,30,38H,1-3,17-18,20-21H2,4-6H3. The fourth-order valence-electron chi connectivity index (χ4n) is 4.41. The highest BCUT2D eigenvalue weighted by molar-refractivity contribution is 6.42. The van der Waals surface area contributed by atoms with E-state index in [1.807, 2.05) is 48.5 Å². The molecule has 0 saturated heterocycles. The maximum absolute atomic E-state index is 14.2. The van der Waals surface area contributed by atoms with Crippen LogP contribution in [0.1, 0.15) is 65.2 Å². The molecule has 1 atom stereocenters. The third-order valence-electron chi connectivity index (χ3n) is 6.69. The van der Waals surface area contributed by atoms with Crippen molar-refractivity contribution in [3.8, 4) is 0 Å². The van der Waals surface area contributed by atoms with Crippen LogP contribution in [-0.2, 0) is 11.2 Å². The van der Waals surface area contributed by atoms with E-state index >= 15 is 0 Å². The Hall–Kier alpha value is -3.34. The molecule has 3 aromatic carbocycles. The third-order valence-corrected chi connectivity index (χ3v) is 7.43. The summed E-state index contributed by atoms with van der Waals surface area (Å²) < 4.78 is 19.3. The van der Waals surface area contributed by atoms with Crippen molar-refractivity contribution in [1.29, 1.82) is 0 Å². The first-order valence-electron chi connectivity index (χ1n) is 13.1. The van der Waals surface area contributed by atoms with Gasteiger partial charge in [0.1, 0.15) is 5.67 Å². The van der Waals surface area contributed by atoms with Crippen LogP contribution >= 0.6 is 23.2 Å². The Kier molecular flexibility index (Phi) is 10.8. The number of ether oxygens (including phenoxy) is 1. The van der Waals surface area contributed by atoms with Crippen molar-refractivity contribution in [1.82, 2.24) is 5.32 Å². The Morgan fingerprint density at radius 2 is 1.52 bits per heavy atom. The second-order valence-corrected chi connectivity index (χ2v) is 11.3. The van der Waals surface area contributed by atoms with Crippen LogP contribution in [0.2, 0.25) is 10.0 Å². The summed E-state index contributed by atoms with van der Waals surface area (Å²) in [7, 11) is 1.60. The fraction of sp³-hybridized carbons (Fsp3) is 0.265. The quantitative estimate of drug-likeness (QED) is 0.153. The summed E-state index contributed by atoms with van der Waals surface area (Å²) in [5.74, 6) is 0.324. The lowest BCUT2D eigenvalue weighted by atomic mass is 9.82. The molecule has 0 amide bonds. The van der Waals surface area contributed by atoms with E-state index in [0.29, 0.717) is 40.8 Å². The van der Waals surface area contributed by atoms with Gasteiger partial charge in [-0.3, -0.25) is 4.79 Å². The SMILES string of the molecule is C=C(CCNC(=C)c1ccc(C(CC(=O)c2ccc(Cl)c(Cl)c2)C(=C)c2ccc(CC(C)(C)F)cc2)cc1)OC. The van der Waals surface area contributed by atoms with Crippen molar-refractivity contribution in [2.75, 3.05) is 13.7 Å². The first-order chi connectivity index (χ1) is 18.9. The maximum Gasteiger partial charge on any atom is 0.163 e. The monoisotopic (exact) mass is 579 g/mol. The Bertz CT molecular complexity index is 1370. The van der Waals surface area contributed by atoms with Gasteiger partial charge in [0.2, 0.25) is 0 Å². The number of nitrogens with one attached hydrogen (secondary N) is 1. The number of hydrogen-bond acceptors (Lipinski definition) is 3. The first-order valence-corrected chi connectivity index (χ1v) is 13.8. The van der Waals surface area contributed by atoms with Crippen LogP contribution in [0.3, 0.4) is 0 Å². The summed E-state index contributed by atoms with van der Waals surface area (Å²) in [6.45, 7) is 16.1. The van der Waals surface area contributed by atoms with Crippen molar-refractivity contribution < 1.29 is 13.9 Å². The van der Waals surface area contributed by atoms with Crippen molar-refractivity contribution in [2.24, 2.45) is 0 Å². The number of benzene rings is 3. The van der Waals surface area contributed by atoms with E-state index in [1.165, 1.54) is 0 Å². The first kappa shape index (κ1) is 31.2. The minimum Gasteiger partial charge on any atom is -0.502 e. The number of carbonyl (C=O) groups excluding carboxylic acids is 1. The van der Waals surface area contributed by atoms with Crippen LogP contribution < -0.4 is 5.32 Å². The number of halogens is 3. The van der Waals surface area contributed by atoms with Gasteiger partial charge in [-0.15, -0.1) is 0 Å². The molecular formula is C34H36Cl2FNO2. The Morgan fingerprint density at radius 1 is 0.925 bits per heavy atom. The van der Waals surface area contributed by atoms with Crippen molar-refractivity contribution in [3.05, 3.63) is 130 Å². The highest BCUT2D eigenvalue weighted by Gasteiger charge is 2.23. The van der Waals surface area contributed by atoms with Crippen molar-refractivity contribution in [2.45, 2.75) is 44.7 Å². The number of methoxy groups -OCH3 is 1. The average molecular weight is 581 g/mol. The second-order valence-electron chi connectivity index (χ2n) is 10.4. The van der Waals surface area contributed by atoms with E-state index in [1.54, 1.807) is 39.2 Å². The minimum atomic E-state index is -1.30. The molecule has 40 heavy (non-hydrogen) atoms. The van der Waals surface area contributed by atoms with Gasteiger partial charge in [0.05, 0.1) is 22.9 Å². The molecule has 0 aliphatic carbocycles. The lowest BCUT2D eigenvalue weighted by Gasteiger charge is -2.22. The predicted octanol–water partition coefficient (Wildman–Crippen LogP) is 9.46. The number of alkyl halides is 1. The van der Waals surface area contributed by atoms with Gasteiger partial charge in [0.15, 0.2) is 5.78 Å². The predicted molar refractivity (Wildman–Crippen MR) is 167 cm³/mol. The lowest BCUT2D eigenvalue weighted by molar-refractivity contribution is 0.0979. The molecule has 1 unspecified atom stereocenters. The lowest BCUT2D eigenvalue weighted by Crippen LogP contribution is -2.15. The van der Waals surface area contributed by atoms with Gasteiger partial charge < -0.3 is 10.1 Å². The molecule has 0 fully saturated rings. The van der Waals surface area contributed by atoms with Crippen LogP contribution in [0.25, 0.3) is 11.3 Å². The molecular weight excluding hydrogens is 544 g/mol. The minimum absolute atomic E-state index is 0.0750. The topological polar surface area (TPSA) is 38.3 Å². The van der Waals surface area contributed by atoms with Crippen LogP contribution in [0.15, 0.2) is 92.2 Å². The molecule has 6 heteroatoms. The van der Waals surface area contributed by atoms with Crippen LogP contribution in [0, 0.1) is 0 Å². The molecule has 3 rings (SSSR count). The molecule has 0 radical (unpaired) electrons. The molecule has 0 heterocycles. The number of allylic oxidation sites excluding steroid dienone is 1. The van der Waals surface area contributed by atoms with Crippen LogP contribution in [-0.4, -0.2) is 25.1 Å². The summed E-state index contributed by atoms with van der Waals surface area (Å²) >= 11 is 12.2. The molecule has 0 saturated carbocycles. The van der Waals surface area contributed by atoms with E-state index in [-0.39, 0.29) is 18.1 Å². The highest BCUT2D eigenvalue weighted by atomic mass is 35.5. The van der Waals surface area contributed by atoms with Gasteiger partial charge in [-0.2, -0.15) is 0 Å². The highest BCUT2D eigenvalue weighted by Crippen LogP contribution is 2.36. The zero-order valence-electron chi connectivity index (χ0n) is 23.3. The van der Waals surface area contributed by atoms with Crippen molar-refractivity contribution in [3.63, 3.8) is 0 Å². The smallest absolute Gasteiger partial charge is 0.163 e. The van der Waals surface area contributed by atoms with Gasteiger partial charge in [-0.1, -0.05) is 91.5 Å². The molecule has 1 N–H and O–H groups in total. The second kappa shape index (κ2) is 13.8. The number of hydrogen-bond donors (Lipinski definition) is 1. The Balaban J connectivity index is 1.86. The van der Waals surface area contributed by atoms with E-state index in [2.05, 4.69) is 25.1 Å². The van der Waals surface area contributed by atoms with Crippen LogP contribution in [0.4, 0.5) is 4.39 Å². The molecule has 210 valence electrons.